The Balaban J connectivity index is 2.36. The van der Waals surface area contributed by atoms with Gasteiger partial charge in [0.2, 0.25) is 0 Å². The van der Waals surface area contributed by atoms with Crippen molar-refractivity contribution in [2.75, 3.05) is 24.4 Å². The van der Waals surface area contributed by atoms with Gasteiger partial charge in [-0.05, 0) is 80.5 Å². The summed E-state index contributed by atoms with van der Waals surface area (Å²) in [5.41, 5.74) is 3.32. The Bertz CT molecular complexity index is 1020. The van der Waals surface area contributed by atoms with Crippen LogP contribution in [0.4, 0.5) is 15.8 Å². The molecule has 0 amide bonds. The number of nitrogens with zero attached hydrogens (tertiary/aromatic N) is 2. The summed E-state index contributed by atoms with van der Waals surface area (Å²) < 4.78 is 18.9. The molecule has 0 unspecified atom stereocenters. The lowest BCUT2D eigenvalue weighted by Crippen LogP contribution is -2.13. The predicted molar refractivity (Wildman–Crippen MR) is 121 cm³/mol. The molecule has 0 radical (unpaired) electrons. The fraction of sp³-hybridized carbons (Fsp3) is 0.217. The van der Waals surface area contributed by atoms with Crippen molar-refractivity contribution in [3.8, 4) is 6.07 Å². The molecule has 0 saturated heterocycles. The van der Waals surface area contributed by atoms with E-state index in [1.54, 1.807) is 44.4 Å². The molecule has 2 N–H and O–H groups in total. The molecule has 0 atom stereocenters. The average molecular weight is 427 g/mol. The predicted octanol–water partition coefficient (Wildman–Crippen LogP) is 6.04. The molecule has 2 aromatic carbocycles. The van der Waals surface area contributed by atoms with E-state index in [2.05, 4.69) is 21.7 Å². The molecule has 0 heterocycles. The third-order valence-corrected chi connectivity index (χ3v) is 4.38. The molecule has 156 valence electrons. The minimum Gasteiger partial charge on any atom is -0.380 e. The van der Waals surface area contributed by atoms with Crippen molar-refractivity contribution in [2.45, 2.75) is 20.8 Å². The number of anilines is 2. The Kier molecular flexibility index (Phi) is 8.60. The standard InChI is InChI=1S/C23H24ClFN4O/c1-5-22(27-18-8-6-17(13-26)7-9-18)29-23(10-15(2)14-30-4)28-21-11-16(3)20(25)12-19(21)24/h5-12,27H,14H2,1-4H3,(H,28,29)/b15-10+,22-5-. The molecule has 2 aromatic rings. The van der Waals surface area contributed by atoms with Gasteiger partial charge in [0.15, 0.2) is 0 Å². The van der Waals surface area contributed by atoms with Crippen molar-refractivity contribution < 1.29 is 9.13 Å². The van der Waals surface area contributed by atoms with Crippen LogP contribution in [-0.2, 0) is 4.74 Å². The SMILES string of the molecule is C\C=C(/N=C(\C=C(/C)COC)Nc1cc(C)c(F)cc1Cl)Nc1ccc(C#N)cc1. The molecule has 0 spiro atoms. The molecular formula is C23H24ClFN4O. The first-order valence-corrected chi connectivity index (χ1v) is 9.65. The number of aryl methyl sites for hydroxylation is 1. The monoisotopic (exact) mass is 426 g/mol. The Labute approximate surface area is 181 Å². The lowest BCUT2D eigenvalue weighted by atomic mass is 10.2. The molecule has 0 aliphatic carbocycles. The van der Waals surface area contributed by atoms with Crippen LogP contribution in [-0.4, -0.2) is 19.6 Å². The molecular weight excluding hydrogens is 403 g/mol. The number of ether oxygens (including phenoxy) is 1. The number of amidine groups is 1. The summed E-state index contributed by atoms with van der Waals surface area (Å²) in [5, 5.41) is 15.6. The fourth-order valence-electron chi connectivity index (χ4n) is 2.56. The smallest absolute Gasteiger partial charge is 0.132 e. The topological polar surface area (TPSA) is 69.4 Å². The van der Waals surface area contributed by atoms with Crippen molar-refractivity contribution in [2.24, 2.45) is 4.99 Å². The molecule has 0 bridgehead atoms. The number of hydrogen-bond donors (Lipinski definition) is 2. The summed E-state index contributed by atoms with van der Waals surface area (Å²) in [7, 11) is 1.62. The van der Waals surface area contributed by atoms with Gasteiger partial charge in [0.05, 0.1) is 28.9 Å². The first-order valence-electron chi connectivity index (χ1n) is 9.27. The van der Waals surface area contributed by atoms with Crippen molar-refractivity contribution in [1.29, 1.82) is 5.26 Å². The molecule has 2 rings (SSSR count). The van der Waals surface area contributed by atoms with Crippen LogP contribution < -0.4 is 10.6 Å². The number of allylic oxidation sites excluding steroid dienone is 1. The van der Waals surface area contributed by atoms with Crippen molar-refractivity contribution in [3.63, 3.8) is 0 Å². The van der Waals surface area contributed by atoms with Crippen LogP contribution in [0.5, 0.6) is 0 Å². The van der Waals surface area contributed by atoms with Gasteiger partial charge in [-0.1, -0.05) is 11.6 Å². The van der Waals surface area contributed by atoms with E-state index < -0.39 is 0 Å². The Morgan fingerprint density at radius 1 is 1.27 bits per heavy atom. The lowest BCUT2D eigenvalue weighted by molar-refractivity contribution is 0.226. The maximum absolute atomic E-state index is 13.8. The van der Waals surface area contributed by atoms with Crippen LogP contribution in [0.25, 0.3) is 0 Å². The van der Waals surface area contributed by atoms with Gasteiger partial charge in [0.25, 0.3) is 0 Å². The van der Waals surface area contributed by atoms with Gasteiger partial charge >= 0.3 is 0 Å². The first kappa shape index (κ1) is 23.1. The number of nitrogens with one attached hydrogen (secondary N) is 2. The minimum atomic E-state index is -0.369. The van der Waals surface area contributed by atoms with Crippen LogP contribution in [0, 0.1) is 24.1 Å². The summed E-state index contributed by atoms with van der Waals surface area (Å²) in [6.07, 6.45) is 3.65. The van der Waals surface area contributed by atoms with E-state index in [0.29, 0.717) is 35.1 Å². The Hall–Kier alpha value is -3.14. The number of halogens is 2. The largest absolute Gasteiger partial charge is 0.380 e. The fourth-order valence-corrected chi connectivity index (χ4v) is 2.76. The number of nitriles is 1. The van der Waals surface area contributed by atoms with Gasteiger partial charge in [-0.2, -0.15) is 5.26 Å². The second kappa shape index (κ2) is 11.1. The number of benzene rings is 2. The highest BCUT2D eigenvalue weighted by Gasteiger charge is 2.09. The Morgan fingerprint density at radius 2 is 1.97 bits per heavy atom. The summed E-state index contributed by atoms with van der Waals surface area (Å²) in [6, 6.07) is 12.1. The van der Waals surface area contributed by atoms with E-state index in [0.717, 1.165) is 11.3 Å². The van der Waals surface area contributed by atoms with E-state index in [-0.39, 0.29) is 10.8 Å². The van der Waals surface area contributed by atoms with E-state index in [9.17, 15) is 4.39 Å². The quantitative estimate of drug-likeness (QED) is 0.418. The van der Waals surface area contributed by atoms with Gasteiger partial charge in [0, 0.05) is 12.8 Å². The number of hydrogen-bond acceptors (Lipinski definition) is 4. The third kappa shape index (κ3) is 6.73. The van der Waals surface area contributed by atoms with Crippen LogP contribution in [0.1, 0.15) is 25.0 Å². The zero-order chi connectivity index (χ0) is 22.1. The van der Waals surface area contributed by atoms with E-state index in [1.165, 1.54) is 6.07 Å². The van der Waals surface area contributed by atoms with Crippen LogP contribution in [0.15, 0.2) is 64.9 Å². The average Bonchev–Trinajstić information content (AvgIpc) is 2.72. The number of methoxy groups -OCH3 is 1. The highest BCUT2D eigenvalue weighted by atomic mass is 35.5. The molecule has 30 heavy (non-hydrogen) atoms. The van der Waals surface area contributed by atoms with Crippen molar-refractivity contribution in [3.05, 3.63) is 81.9 Å². The minimum absolute atomic E-state index is 0.255. The second-order valence-corrected chi connectivity index (χ2v) is 7.02. The molecule has 0 aliphatic heterocycles. The van der Waals surface area contributed by atoms with Crippen LogP contribution >= 0.6 is 11.6 Å². The molecule has 0 aliphatic rings. The van der Waals surface area contributed by atoms with Gasteiger partial charge in [0.1, 0.15) is 17.5 Å². The Morgan fingerprint density at radius 3 is 2.57 bits per heavy atom. The molecule has 7 heteroatoms. The van der Waals surface area contributed by atoms with Crippen molar-refractivity contribution >= 4 is 28.8 Å². The molecule has 0 saturated carbocycles. The van der Waals surface area contributed by atoms with Gasteiger partial charge in [-0.3, -0.25) is 0 Å². The molecule has 0 fully saturated rings. The van der Waals surface area contributed by atoms with Gasteiger partial charge in [-0.25, -0.2) is 9.38 Å². The van der Waals surface area contributed by atoms with Gasteiger partial charge in [-0.15, -0.1) is 0 Å². The van der Waals surface area contributed by atoms with Crippen molar-refractivity contribution in [1.82, 2.24) is 0 Å². The second-order valence-electron chi connectivity index (χ2n) is 6.62. The van der Waals surface area contributed by atoms with E-state index >= 15 is 0 Å². The number of aliphatic imine (C=N–C) groups is 1. The highest BCUT2D eigenvalue weighted by Crippen LogP contribution is 2.25. The lowest BCUT2D eigenvalue weighted by Gasteiger charge is -2.13. The highest BCUT2D eigenvalue weighted by molar-refractivity contribution is 6.34. The maximum Gasteiger partial charge on any atom is 0.132 e. The molecule has 5 nitrogen and oxygen atoms in total. The zero-order valence-electron chi connectivity index (χ0n) is 17.4. The first-order chi connectivity index (χ1) is 14.4. The maximum atomic E-state index is 13.8. The van der Waals surface area contributed by atoms with Crippen LogP contribution in [0.3, 0.4) is 0 Å². The van der Waals surface area contributed by atoms with Crippen LogP contribution in [0.2, 0.25) is 5.02 Å². The van der Waals surface area contributed by atoms with E-state index in [1.807, 2.05) is 26.0 Å². The number of rotatable bonds is 7. The summed E-state index contributed by atoms with van der Waals surface area (Å²) >= 11 is 6.21. The molecule has 0 aromatic heterocycles. The summed E-state index contributed by atoms with van der Waals surface area (Å²) in [6.45, 7) is 5.88. The third-order valence-electron chi connectivity index (χ3n) is 4.07. The van der Waals surface area contributed by atoms with Gasteiger partial charge < -0.3 is 15.4 Å². The summed E-state index contributed by atoms with van der Waals surface area (Å²) in [5.74, 6) is 0.720. The normalized spacial score (nSPS) is 12.5. The zero-order valence-corrected chi connectivity index (χ0v) is 18.1. The van der Waals surface area contributed by atoms with E-state index in [4.69, 9.17) is 21.6 Å². The summed E-state index contributed by atoms with van der Waals surface area (Å²) in [4.78, 5) is 4.65.